The Hall–Kier alpha value is -0.480. The van der Waals surface area contributed by atoms with Crippen LogP contribution in [-0.2, 0) is 0 Å². The lowest BCUT2D eigenvalue weighted by Gasteiger charge is -2.17. The lowest BCUT2D eigenvalue weighted by atomic mass is 10.1. The maximum Gasteiger partial charge on any atom is 0.160 e. The highest BCUT2D eigenvalue weighted by Crippen LogP contribution is 2.37. The van der Waals surface area contributed by atoms with Crippen LogP contribution in [0.1, 0.15) is 31.1 Å². The van der Waals surface area contributed by atoms with E-state index < -0.39 is 0 Å². The number of aromatic hydroxyl groups is 1. The van der Waals surface area contributed by atoms with E-state index in [9.17, 15) is 5.11 Å². The van der Waals surface area contributed by atoms with E-state index >= 15 is 0 Å². The summed E-state index contributed by atoms with van der Waals surface area (Å²) in [7, 11) is 1.59. The van der Waals surface area contributed by atoms with E-state index in [4.69, 9.17) is 4.74 Å². The van der Waals surface area contributed by atoms with Crippen molar-refractivity contribution in [2.24, 2.45) is 0 Å². The monoisotopic (exact) mass is 286 g/mol. The highest BCUT2D eigenvalue weighted by atomic mass is 32.2. The number of benzene rings is 1. The Morgan fingerprint density at radius 1 is 1.28 bits per heavy atom. The van der Waals surface area contributed by atoms with Crippen LogP contribution in [-0.4, -0.2) is 29.5 Å². The van der Waals surface area contributed by atoms with Crippen molar-refractivity contribution >= 4 is 23.5 Å². The quantitative estimate of drug-likeness (QED) is 0.720. The minimum Gasteiger partial charge on any atom is -0.504 e. The van der Waals surface area contributed by atoms with Crippen molar-refractivity contribution in [2.45, 2.75) is 25.5 Å². The van der Waals surface area contributed by atoms with Crippen LogP contribution >= 0.6 is 23.5 Å². The molecular weight excluding hydrogens is 264 g/mol. The number of hydrogen-bond acceptors (Lipinski definition) is 4. The van der Waals surface area contributed by atoms with Gasteiger partial charge in [0.1, 0.15) is 0 Å². The third-order valence-electron chi connectivity index (χ3n) is 2.67. The average Bonchev–Trinajstić information content (AvgIpc) is 2.39. The Kier molecular flexibility index (Phi) is 7.44. The normalized spacial score (nSPS) is 12.4. The maximum absolute atomic E-state index is 9.62. The topological polar surface area (TPSA) is 29.5 Å². The summed E-state index contributed by atoms with van der Waals surface area (Å²) < 4.78 is 5.18. The molecule has 0 bridgehead atoms. The molecule has 1 N–H and O–H groups in total. The molecule has 0 saturated heterocycles. The van der Waals surface area contributed by atoms with E-state index in [0.717, 1.165) is 12.2 Å². The third kappa shape index (κ3) is 4.65. The molecule has 0 fully saturated rings. The molecule has 0 spiro atoms. The summed E-state index contributed by atoms with van der Waals surface area (Å²) in [5.41, 5.74) is 1.24. The predicted molar refractivity (Wildman–Crippen MR) is 83.1 cm³/mol. The second-order valence-electron chi connectivity index (χ2n) is 3.86. The molecule has 0 heterocycles. The lowest BCUT2D eigenvalue weighted by molar-refractivity contribution is 0.373. The molecule has 0 aliphatic rings. The molecule has 2 nitrogen and oxygen atoms in total. The van der Waals surface area contributed by atoms with Crippen LogP contribution in [0.3, 0.4) is 0 Å². The SMILES string of the molecule is CCSCCC(SCC)c1ccc(O)c(OC)c1. The second-order valence-corrected chi connectivity index (χ2v) is 6.73. The number of phenols is 1. The van der Waals surface area contributed by atoms with Crippen molar-refractivity contribution in [2.75, 3.05) is 24.4 Å². The molecule has 0 aromatic heterocycles. The van der Waals surface area contributed by atoms with Gasteiger partial charge in [-0.15, -0.1) is 0 Å². The van der Waals surface area contributed by atoms with Gasteiger partial charge in [0, 0.05) is 5.25 Å². The first-order chi connectivity index (χ1) is 8.72. The molecule has 1 aromatic rings. The Bertz CT molecular complexity index is 356. The zero-order valence-electron chi connectivity index (χ0n) is 11.3. The standard InChI is InChI=1S/C14H22O2S2/c1-4-17-9-8-14(18-5-2)11-6-7-12(15)13(10-11)16-3/h6-7,10,14-15H,4-5,8-9H2,1-3H3. The molecule has 0 aliphatic heterocycles. The Morgan fingerprint density at radius 2 is 2.06 bits per heavy atom. The molecule has 4 heteroatoms. The van der Waals surface area contributed by atoms with Gasteiger partial charge in [0.25, 0.3) is 0 Å². The van der Waals surface area contributed by atoms with Crippen molar-refractivity contribution < 1.29 is 9.84 Å². The fourth-order valence-corrected chi connectivity index (χ4v) is 3.64. The molecule has 0 saturated carbocycles. The van der Waals surface area contributed by atoms with Gasteiger partial charge in [-0.1, -0.05) is 19.9 Å². The third-order valence-corrected chi connectivity index (χ3v) is 4.85. The lowest BCUT2D eigenvalue weighted by Crippen LogP contribution is -1.98. The number of methoxy groups -OCH3 is 1. The molecule has 18 heavy (non-hydrogen) atoms. The van der Waals surface area contributed by atoms with Crippen LogP contribution in [0.5, 0.6) is 11.5 Å². The number of hydrogen-bond donors (Lipinski definition) is 1. The average molecular weight is 286 g/mol. The molecule has 0 radical (unpaired) electrons. The highest BCUT2D eigenvalue weighted by molar-refractivity contribution is 8.00. The van der Waals surface area contributed by atoms with Crippen molar-refractivity contribution in [3.63, 3.8) is 0 Å². The van der Waals surface area contributed by atoms with Gasteiger partial charge < -0.3 is 9.84 Å². The zero-order valence-corrected chi connectivity index (χ0v) is 12.9. The van der Waals surface area contributed by atoms with Gasteiger partial charge in [0.2, 0.25) is 0 Å². The van der Waals surface area contributed by atoms with Gasteiger partial charge in [-0.25, -0.2) is 0 Å². The number of rotatable bonds is 8. The fourth-order valence-electron chi connectivity index (χ4n) is 1.78. The van der Waals surface area contributed by atoms with Gasteiger partial charge >= 0.3 is 0 Å². The fraction of sp³-hybridized carbons (Fsp3) is 0.571. The summed E-state index contributed by atoms with van der Waals surface area (Å²) >= 11 is 3.93. The predicted octanol–water partition coefficient (Wildman–Crippen LogP) is 4.34. The molecule has 102 valence electrons. The van der Waals surface area contributed by atoms with Crippen LogP contribution in [0.4, 0.5) is 0 Å². The molecule has 1 atom stereocenters. The summed E-state index contributed by atoms with van der Waals surface area (Å²) in [5.74, 6) is 4.23. The molecule has 1 unspecified atom stereocenters. The smallest absolute Gasteiger partial charge is 0.160 e. The van der Waals surface area contributed by atoms with E-state index in [-0.39, 0.29) is 5.75 Å². The second kappa shape index (κ2) is 8.59. The number of phenolic OH excluding ortho intramolecular Hbond substituents is 1. The number of thioether (sulfide) groups is 2. The molecule has 1 rings (SSSR count). The van der Waals surface area contributed by atoms with Gasteiger partial charge in [-0.2, -0.15) is 23.5 Å². The van der Waals surface area contributed by atoms with Crippen molar-refractivity contribution in [1.82, 2.24) is 0 Å². The van der Waals surface area contributed by atoms with E-state index in [0.29, 0.717) is 11.0 Å². The first-order valence-electron chi connectivity index (χ1n) is 6.29. The van der Waals surface area contributed by atoms with Crippen molar-refractivity contribution in [1.29, 1.82) is 0 Å². The summed E-state index contributed by atoms with van der Waals surface area (Å²) in [6, 6.07) is 5.69. The maximum atomic E-state index is 9.62. The van der Waals surface area contributed by atoms with Crippen LogP contribution in [0.2, 0.25) is 0 Å². The minimum absolute atomic E-state index is 0.212. The van der Waals surface area contributed by atoms with Gasteiger partial charge in [0.05, 0.1) is 7.11 Å². The number of ether oxygens (including phenoxy) is 1. The summed E-state index contributed by atoms with van der Waals surface area (Å²) in [6.45, 7) is 4.37. The van der Waals surface area contributed by atoms with E-state index in [1.54, 1.807) is 13.2 Å². The first-order valence-corrected chi connectivity index (χ1v) is 8.49. The van der Waals surface area contributed by atoms with E-state index in [2.05, 4.69) is 13.8 Å². The molecular formula is C14H22O2S2. The summed E-state index contributed by atoms with van der Waals surface area (Å²) in [5, 5.41) is 10.1. The molecule has 0 amide bonds. The molecule has 0 aliphatic carbocycles. The largest absolute Gasteiger partial charge is 0.504 e. The van der Waals surface area contributed by atoms with Gasteiger partial charge in [-0.3, -0.25) is 0 Å². The summed E-state index contributed by atoms with van der Waals surface area (Å²) in [6.07, 6.45) is 1.16. The van der Waals surface area contributed by atoms with Crippen LogP contribution in [0.25, 0.3) is 0 Å². The van der Waals surface area contributed by atoms with Crippen molar-refractivity contribution in [3.05, 3.63) is 23.8 Å². The van der Waals surface area contributed by atoms with Crippen LogP contribution in [0, 0.1) is 0 Å². The van der Waals surface area contributed by atoms with Gasteiger partial charge in [0.15, 0.2) is 11.5 Å². The first kappa shape index (κ1) is 15.6. The van der Waals surface area contributed by atoms with Crippen molar-refractivity contribution in [3.8, 4) is 11.5 Å². The van der Waals surface area contributed by atoms with E-state index in [1.807, 2.05) is 35.7 Å². The Balaban J connectivity index is 2.77. The Labute approximate surface area is 119 Å². The van der Waals surface area contributed by atoms with Crippen LogP contribution < -0.4 is 4.74 Å². The van der Waals surface area contributed by atoms with Crippen LogP contribution in [0.15, 0.2) is 18.2 Å². The van der Waals surface area contributed by atoms with Gasteiger partial charge in [-0.05, 0) is 41.4 Å². The summed E-state index contributed by atoms with van der Waals surface area (Å²) in [4.78, 5) is 0. The zero-order chi connectivity index (χ0) is 13.4. The minimum atomic E-state index is 0.212. The van der Waals surface area contributed by atoms with E-state index in [1.165, 1.54) is 17.1 Å². The molecule has 1 aromatic carbocycles. The highest BCUT2D eigenvalue weighted by Gasteiger charge is 2.13. The Morgan fingerprint density at radius 3 is 2.67 bits per heavy atom.